The van der Waals surface area contributed by atoms with Gasteiger partial charge in [-0.3, -0.25) is 14.2 Å². The molecule has 0 N–H and O–H groups in total. The van der Waals surface area contributed by atoms with Crippen molar-refractivity contribution >= 4 is 44.4 Å². The maximum Gasteiger partial charge on any atom is 0.262 e. The second-order valence-corrected chi connectivity index (χ2v) is 6.36. The molecule has 20 heavy (non-hydrogen) atoms. The summed E-state index contributed by atoms with van der Waals surface area (Å²) in [7, 11) is 0. The standard InChI is InChI=1S/C14H15BrN2O2S/c1-3-6-17-13(19)11-7-10(15)4-5-12(11)16-14(17)20-8-9(2)18/h4-5,7H,3,6,8H2,1-2H3. The lowest BCUT2D eigenvalue weighted by Gasteiger charge is -2.11. The predicted octanol–water partition coefficient (Wildman–Crippen LogP) is 3.25. The fourth-order valence-corrected chi connectivity index (χ4v) is 3.06. The first-order chi connectivity index (χ1) is 9.52. The molecule has 2 rings (SSSR count). The minimum atomic E-state index is -0.0517. The average molecular weight is 355 g/mol. The van der Waals surface area contributed by atoms with E-state index in [1.165, 1.54) is 18.7 Å². The normalized spacial score (nSPS) is 10.9. The SMILES string of the molecule is CCCn1c(SCC(C)=O)nc2ccc(Br)cc2c1=O. The summed E-state index contributed by atoms with van der Waals surface area (Å²) in [5.74, 6) is 0.404. The summed E-state index contributed by atoms with van der Waals surface area (Å²) in [5.41, 5.74) is 0.612. The van der Waals surface area contributed by atoms with Crippen molar-refractivity contribution in [3.63, 3.8) is 0 Å². The van der Waals surface area contributed by atoms with Crippen LogP contribution in [0.2, 0.25) is 0 Å². The van der Waals surface area contributed by atoms with Crippen molar-refractivity contribution in [2.24, 2.45) is 0 Å². The van der Waals surface area contributed by atoms with E-state index in [2.05, 4.69) is 20.9 Å². The molecule has 4 nitrogen and oxygen atoms in total. The van der Waals surface area contributed by atoms with Crippen molar-refractivity contribution in [1.82, 2.24) is 9.55 Å². The Bertz CT molecular complexity index is 712. The summed E-state index contributed by atoms with van der Waals surface area (Å²) in [5, 5.41) is 1.21. The van der Waals surface area contributed by atoms with Crippen LogP contribution in [0.5, 0.6) is 0 Å². The molecule has 1 aromatic carbocycles. The second-order valence-electron chi connectivity index (χ2n) is 4.50. The lowest BCUT2D eigenvalue weighted by molar-refractivity contribution is -0.114. The Kier molecular flexibility index (Phi) is 4.99. The molecule has 0 aliphatic rings. The van der Waals surface area contributed by atoms with Gasteiger partial charge in [0.05, 0.1) is 16.7 Å². The van der Waals surface area contributed by atoms with E-state index in [0.29, 0.717) is 28.4 Å². The molecule has 0 spiro atoms. The molecular formula is C14H15BrN2O2S. The molecule has 106 valence electrons. The molecule has 0 radical (unpaired) electrons. The highest BCUT2D eigenvalue weighted by atomic mass is 79.9. The number of thioether (sulfide) groups is 1. The Hall–Kier alpha value is -1.14. The Morgan fingerprint density at radius 1 is 1.45 bits per heavy atom. The highest BCUT2D eigenvalue weighted by Gasteiger charge is 2.12. The van der Waals surface area contributed by atoms with E-state index in [0.717, 1.165) is 10.9 Å². The largest absolute Gasteiger partial charge is 0.299 e. The first-order valence-corrected chi connectivity index (χ1v) is 8.13. The van der Waals surface area contributed by atoms with Crippen LogP contribution in [0.4, 0.5) is 0 Å². The Morgan fingerprint density at radius 2 is 2.20 bits per heavy atom. The zero-order chi connectivity index (χ0) is 14.7. The number of benzene rings is 1. The van der Waals surface area contributed by atoms with Crippen LogP contribution in [0.1, 0.15) is 20.3 Å². The predicted molar refractivity (Wildman–Crippen MR) is 85.4 cm³/mol. The third kappa shape index (κ3) is 3.30. The van der Waals surface area contributed by atoms with Gasteiger partial charge >= 0.3 is 0 Å². The molecule has 0 amide bonds. The number of fused-ring (bicyclic) bond motifs is 1. The number of Topliss-reactive ketones (excluding diaryl/α,β-unsaturated/α-hetero) is 1. The van der Waals surface area contributed by atoms with Gasteiger partial charge in [-0.05, 0) is 31.5 Å². The van der Waals surface area contributed by atoms with E-state index in [1.54, 1.807) is 10.6 Å². The zero-order valence-corrected chi connectivity index (χ0v) is 13.8. The molecule has 1 aromatic heterocycles. The molecule has 0 fully saturated rings. The molecule has 0 atom stereocenters. The van der Waals surface area contributed by atoms with Gasteiger partial charge in [-0.2, -0.15) is 0 Å². The van der Waals surface area contributed by atoms with Gasteiger partial charge in [0.2, 0.25) is 0 Å². The van der Waals surface area contributed by atoms with Gasteiger partial charge in [0.15, 0.2) is 5.16 Å². The van der Waals surface area contributed by atoms with Gasteiger partial charge < -0.3 is 0 Å². The number of hydrogen-bond acceptors (Lipinski definition) is 4. The minimum Gasteiger partial charge on any atom is -0.299 e. The number of carbonyl (C=O) groups is 1. The van der Waals surface area contributed by atoms with E-state index >= 15 is 0 Å². The average Bonchev–Trinajstić information content (AvgIpc) is 2.41. The van der Waals surface area contributed by atoms with Crippen molar-refractivity contribution in [3.8, 4) is 0 Å². The van der Waals surface area contributed by atoms with Crippen LogP contribution in [0.15, 0.2) is 32.6 Å². The van der Waals surface area contributed by atoms with Crippen LogP contribution < -0.4 is 5.56 Å². The highest BCUT2D eigenvalue weighted by Crippen LogP contribution is 2.20. The van der Waals surface area contributed by atoms with Crippen LogP contribution in [0, 0.1) is 0 Å². The molecule has 0 saturated carbocycles. The number of rotatable bonds is 5. The van der Waals surface area contributed by atoms with E-state index < -0.39 is 0 Å². The molecule has 6 heteroatoms. The van der Waals surface area contributed by atoms with Crippen molar-refractivity contribution in [3.05, 3.63) is 33.0 Å². The van der Waals surface area contributed by atoms with E-state index in [-0.39, 0.29) is 11.3 Å². The lowest BCUT2D eigenvalue weighted by atomic mass is 10.2. The topological polar surface area (TPSA) is 52.0 Å². The third-order valence-corrected chi connectivity index (χ3v) is 4.35. The quantitative estimate of drug-likeness (QED) is 0.610. The van der Waals surface area contributed by atoms with Crippen LogP contribution in [-0.2, 0) is 11.3 Å². The summed E-state index contributed by atoms with van der Waals surface area (Å²) >= 11 is 4.69. The maximum atomic E-state index is 12.5. The first kappa shape index (κ1) is 15.3. The monoisotopic (exact) mass is 354 g/mol. The van der Waals surface area contributed by atoms with Gasteiger partial charge in [0.25, 0.3) is 5.56 Å². The fraction of sp³-hybridized carbons (Fsp3) is 0.357. The Labute approximate surface area is 129 Å². The van der Waals surface area contributed by atoms with Gasteiger partial charge in [0.1, 0.15) is 5.78 Å². The van der Waals surface area contributed by atoms with E-state index in [9.17, 15) is 9.59 Å². The highest BCUT2D eigenvalue weighted by molar-refractivity contribution is 9.10. The van der Waals surface area contributed by atoms with Gasteiger partial charge in [-0.15, -0.1) is 0 Å². The molecule has 0 unspecified atom stereocenters. The maximum absolute atomic E-state index is 12.5. The van der Waals surface area contributed by atoms with Crippen molar-refractivity contribution in [1.29, 1.82) is 0 Å². The van der Waals surface area contributed by atoms with Gasteiger partial charge in [0, 0.05) is 11.0 Å². The summed E-state index contributed by atoms with van der Waals surface area (Å²) in [4.78, 5) is 28.2. The number of aromatic nitrogens is 2. The molecule has 0 saturated heterocycles. The summed E-state index contributed by atoms with van der Waals surface area (Å²) in [6.07, 6.45) is 0.842. The molecule has 0 aliphatic heterocycles. The number of ketones is 1. The van der Waals surface area contributed by atoms with E-state index in [4.69, 9.17) is 0 Å². The molecule has 2 aromatic rings. The molecule has 0 bridgehead atoms. The Balaban J connectivity index is 2.60. The lowest BCUT2D eigenvalue weighted by Crippen LogP contribution is -2.23. The van der Waals surface area contributed by atoms with Crippen molar-refractivity contribution in [2.75, 3.05) is 5.75 Å². The van der Waals surface area contributed by atoms with Crippen LogP contribution in [0.3, 0.4) is 0 Å². The number of nitrogens with zero attached hydrogens (tertiary/aromatic N) is 2. The summed E-state index contributed by atoms with van der Waals surface area (Å²) in [6.45, 7) is 4.15. The smallest absolute Gasteiger partial charge is 0.262 e. The van der Waals surface area contributed by atoms with Crippen molar-refractivity contribution in [2.45, 2.75) is 32.0 Å². The molecule has 0 aliphatic carbocycles. The van der Waals surface area contributed by atoms with E-state index in [1.807, 2.05) is 19.1 Å². The van der Waals surface area contributed by atoms with Gasteiger partial charge in [-0.1, -0.05) is 34.6 Å². The third-order valence-electron chi connectivity index (χ3n) is 2.73. The Morgan fingerprint density at radius 3 is 2.85 bits per heavy atom. The summed E-state index contributed by atoms with van der Waals surface area (Å²) < 4.78 is 2.51. The number of hydrogen-bond donors (Lipinski definition) is 0. The fourth-order valence-electron chi connectivity index (χ4n) is 1.87. The van der Waals surface area contributed by atoms with Crippen LogP contribution in [0.25, 0.3) is 10.9 Å². The van der Waals surface area contributed by atoms with Gasteiger partial charge in [-0.25, -0.2) is 4.98 Å². The van der Waals surface area contributed by atoms with Crippen LogP contribution in [-0.4, -0.2) is 21.1 Å². The second kappa shape index (κ2) is 6.54. The zero-order valence-electron chi connectivity index (χ0n) is 11.4. The molecule has 1 heterocycles. The first-order valence-electron chi connectivity index (χ1n) is 6.35. The molecular weight excluding hydrogens is 340 g/mol. The number of halogens is 1. The van der Waals surface area contributed by atoms with Crippen LogP contribution >= 0.6 is 27.7 Å². The summed E-state index contributed by atoms with van der Waals surface area (Å²) in [6, 6.07) is 5.46. The van der Waals surface area contributed by atoms with Crippen molar-refractivity contribution < 1.29 is 4.79 Å². The minimum absolute atomic E-state index is 0.0517. The number of carbonyl (C=O) groups excluding carboxylic acids is 1.